The maximum absolute atomic E-state index is 11.0. The monoisotopic (exact) mass is 445 g/mol. The molecule has 1 heterocycles. The van der Waals surface area contributed by atoms with Gasteiger partial charge in [0.1, 0.15) is 0 Å². The molecule has 1 aromatic heterocycles. The lowest BCUT2D eigenvalue weighted by molar-refractivity contribution is -0.136. The van der Waals surface area contributed by atoms with E-state index in [-0.39, 0.29) is 6.42 Å². The average Bonchev–Trinajstić information content (AvgIpc) is 3.16. The highest BCUT2D eigenvalue weighted by molar-refractivity contribution is 7.22. The average molecular weight is 446 g/mol. The summed E-state index contributed by atoms with van der Waals surface area (Å²) < 4.78 is 1.06. The standard InChI is InChI=1S/C26H27N3O2S/c1-29(2)21-11-5-17(6-12-21)3-8-19-9-4-18(7-14-25(30)31)15-22(19)20-10-13-23-24(16-20)32-26(27)28-23/h4-6,9-13,15-16H,3,7-8,14H2,1-2H3,(H2,27,28)(H,30,31). The predicted octanol–water partition coefficient (Wildman–Crippen LogP) is 5.41. The van der Waals surface area contributed by atoms with Crippen molar-refractivity contribution >= 4 is 38.3 Å². The number of benzene rings is 3. The fourth-order valence-corrected chi connectivity index (χ4v) is 4.64. The smallest absolute Gasteiger partial charge is 0.303 e. The molecule has 0 spiro atoms. The highest BCUT2D eigenvalue weighted by Crippen LogP contribution is 2.32. The molecule has 164 valence electrons. The summed E-state index contributed by atoms with van der Waals surface area (Å²) in [6.07, 6.45) is 2.48. The van der Waals surface area contributed by atoms with Crippen LogP contribution >= 0.6 is 11.3 Å². The summed E-state index contributed by atoms with van der Waals surface area (Å²) in [4.78, 5) is 17.5. The number of aliphatic carboxylic acids is 1. The predicted molar refractivity (Wildman–Crippen MR) is 134 cm³/mol. The van der Waals surface area contributed by atoms with Crippen LogP contribution in [-0.4, -0.2) is 30.2 Å². The number of carboxylic acids is 1. The number of anilines is 2. The maximum Gasteiger partial charge on any atom is 0.303 e. The van der Waals surface area contributed by atoms with Gasteiger partial charge in [0, 0.05) is 26.2 Å². The Kier molecular flexibility index (Phi) is 6.42. The van der Waals surface area contributed by atoms with Crippen molar-refractivity contribution in [3.63, 3.8) is 0 Å². The Morgan fingerprint density at radius 2 is 1.72 bits per heavy atom. The first kappa shape index (κ1) is 21.8. The molecule has 4 rings (SSSR count). The Hall–Kier alpha value is -3.38. The van der Waals surface area contributed by atoms with E-state index in [2.05, 4.69) is 64.5 Å². The fraction of sp³-hybridized carbons (Fsp3) is 0.231. The third-order valence-electron chi connectivity index (χ3n) is 5.65. The van der Waals surface area contributed by atoms with Crippen molar-refractivity contribution in [2.75, 3.05) is 24.7 Å². The summed E-state index contributed by atoms with van der Waals surface area (Å²) in [6, 6.07) is 21.2. The number of hydrogen-bond donors (Lipinski definition) is 2. The van der Waals surface area contributed by atoms with E-state index in [0.29, 0.717) is 11.6 Å². The number of hydrogen-bond acceptors (Lipinski definition) is 5. The molecule has 32 heavy (non-hydrogen) atoms. The van der Waals surface area contributed by atoms with Gasteiger partial charge in [0.05, 0.1) is 10.2 Å². The van der Waals surface area contributed by atoms with E-state index in [9.17, 15) is 4.79 Å². The number of thiazole rings is 1. The first-order valence-electron chi connectivity index (χ1n) is 10.7. The van der Waals surface area contributed by atoms with Gasteiger partial charge in [-0.05, 0) is 71.3 Å². The van der Waals surface area contributed by atoms with Gasteiger partial charge in [-0.25, -0.2) is 4.98 Å². The SMILES string of the molecule is CN(C)c1ccc(CCc2ccc(CCC(=O)O)cc2-c2ccc3nc(N)sc3c2)cc1. The van der Waals surface area contributed by atoms with E-state index < -0.39 is 5.97 Å². The molecular weight excluding hydrogens is 418 g/mol. The Labute approximate surface area is 192 Å². The summed E-state index contributed by atoms with van der Waals surface area (Å²) in [5.74, 6) is -0.779. The number of carbonyl (C=O) groups is 1. The quantitative estimate of drug-likeness (QED) is 0.379. The van der Waals surface area contributed by atoms with Gasteiger partial charge < -0.3 is 15.7 Å². The van der Waals surface area contributed by atoms with E-state index >= 15 is 0 Å². The molecule has 0 aliphatic rings. The number of rotatable bonds is 8. The minimum atomic E-state index is -0.779. The van der Waals surface area contributed by atoms with Crippen LogP contribution in [0.3, 0.4) is 0 Å². The Balaban J connectivity index is 1.64. The molecule has 0 unspecified atom stereocenters. The lowest BCUT2D eigenvalue weighted by atomic mass is 9.92. The second-order valence-electron chi connectivity index (χ2n) is 8.18. The highest BCUT2D eigenvalue weighted by atomic mass is 32.1. The summed E-state index contributed by atoms with van der Waals surface area (Å²) in [7, 11) is 4.08. The molecule has 4 aromatic rings. The van der Waals surface area contributed by atoms with Gasteiger partial charge in [0.15, 0.2) is 5.13 Å². The number of nitrogens with zero attached hydrogens (tertiary/aromatic N) is 2. The van der Waals surface area contributed by atoms with E-state index in [1.807, 2.05) is 20.2 Å². The second kappa shape index (κ2) is 9.40. The molecule has 0 aliphatic carbocycles. The summed E-state index contributed by atoms with van der Waals surface area (Å²) >= 11 is 1.48. The largest absolute Gasteiger partial charge is 0.481 e. The first-order valence-corrected chi connectivity index (χ1v) is 11.5. The summed E-state index contributed by atoms with van der Waals surface area (Å²) in [6.45, 7) is 0. The summed E-state index contributed by atoms with van der Waals surface area (Å²) in [5.41, 5.74) is 13.8. The molecule has 6 heteroatoms. The van der Waals surface area contributed by atoms with Crippen molar-refractivity contribution in [2.45, 2.75) is 25.7 Å². The molecule has 0 bridgehead atoms. The van der Waals surface area contributed by atoms with Crippen LogP contribution in [-0.2, 0) is 24.1 Å². The van der Waals surface area contributed by atoms with Crippen LogP contribution < -0.4 is 10.6 Å². The Bertz CT molecular complexity index is 1250. The maximum atomic E-state index is 11.0. The molecule has 0 saturated carbocycles. The number of nitrogens with two attached hydrogens (primary N) is 1. The number of carboxylic acid groups (broad SMARTS) is 1. The molecule has 0 aliphatic heterocycles. The van der Waals surface area contributed by atoms with Gasteiger partial charge in [-0.1, -0.05) is 47.7 Å². The lowest BCUT2D eigenvalue weighted by Crippen LogP contribution is -2.08. The summed E-state index contributed by atoms with van der Waals surface area (Å²) in [5, 5.41) is 9.64. The molecule has 0 radical (unpaired) electrons. The number of nitrogen functional groups attached to an aromatic ring is 1. The third kappa shape index (κ3) is 5.08. The van der Waals surface area contributed by atoms with Gasteiger partial charge in [-0.3, -0.25) is 4.79 Å². The van der Waals surface area contributed by atoms with Crippen molar-refractivity contribution in [1.82, 2.24) is 4.98 Å². The number of aromatic nitrogens is 1. The van der Waals surface area contributed by atoms with Crippen LogP contribution in [0.25, 0.3) is 21.3 Å². The zero-order chi connectivity index (χ0) is 22.7. The van der Waals surface area contributed by atoms with Gasteiger partial charge in [0.25, 0.3) is 0 Å². The Morgan fingerprint density at radius 1 is 0.969 bits per heavy atom. The van der Waals surface area contributed by atoms with Gasteiger partial charge in [-0.2, -0.15) is 0 Å². The molecule has 0 amide bonds. The van der Waals surface area contributed by atoms with Crippen molar-refractivity contribution < 1.29 is 9.90 Å². The second-order valence-corrected chi connectivity index (χ2v) is 9.24. The van der Waals surface area contributed by atoms with Crippen molar-refractivity contribution in [3.05, 3.63) is 77.4 Å². The van der Waals surface area contributed by atoms with Gasteiger partial charge in [0.2, 0.25) is 0 Å². The lowest BCUT2D eigenvalue weighted by Gasteiger charge is -2.14. The van der Waals surface area contributed by atoms with E-state index in [0.717, 1.165) is 39.7 Å². The van der Waals surface area contributed by atoms with Crippen LogP contribution in [0.1, 0.15) is 23.1 Å². The normalized spacial score (nSPS) is 11.1. The van der Waals surface area contributed by atoms with E-state index in [1.54, 1.807) is 0 Å². The van der Waals surface area contributed by atoms with Gasteiger partial charge in [-0.15, -0.1) is 0 Å². The first-order chi connectivity index (χ1) is 15.4. The molecule has 0 fully saturated rings. The fourth-order valence-electron chi connectivity index (χ4n) is 3.87. The minimum absolute atomic E-state index is 0.126. The molecule has 0 saturated heterocycles. The van der Waals surface area contributed by atoms with Crippen molar-refractivity contribution in [3.8, 4) is 11.1 Å². The number of fused-ring (bicyclic) bond motifs is 1. The molecular formula is C26H27N3O2S. The third-order valence-corrected chi connectivity index (χ3v) is 6.50. The molecule has 3 aromatic carbocycles. The zero-order valence-corrected chi connectivity index (χ0v) is 19.2. The van der Waals surface area contributed by atoms with Crippen molar-refractivity contribution in [2.24, 2.45) is 0 Å². The van der Waals surface area contributed by atoms with Crippen molar-refractivity contribution in [1.29, 1.82) is 0 Å². The van der Waals surface area contributed by atoms with Gasteiger partial charge >= 0.3 is 5.97 Å². The molecule has 5 nitrogen and oxygen atoms in total. The Morgan fingerprint density at radius 3 is 2.44 bits per heavy atom. The topological polar surface area (TPSA) is 79.5 Å². The highest BCUT2D eigenvalue weighted by Gasteiger charge is 2.11. The zero-order valence-electron chi connectivity index (χ0n) is 18.3. The van der Waals surface area contributed by atoms with E-state index in [4.69, 9.17) is 10.8 Å². The minimum Gasteiger partial charge on any atom is -0.481 e. The van der Waals surface area contributed by atoms with E-state index in [1.165, 1.54) is 28.2 Å². The van der Waals surface area contributed by atoms with Crippen LogP contribution in [0.4, 0.5) is 10.8 Å². The number of aryl methyl sites for hydroxylation is 3. The van der Waals surface area contributed by atoms with Crippen LogP contribution in [0.5, 0.6) is 0 Å². The van der Waals surface area contributed by atoms with Crippen LogP contribution in [0, 0.1) is 0 Å². The molecule has 3 N–H and O–H groups in total. The molecule has 0 atom stereocenters. The van der Waals surface area contributed by atoms with Crippen LogP contribution in [0.15, 0.2) is 60.7 Å². The van der Waals surface area contributed by atoms with Crippen LogP contribution in [0.2, 0.25) is 0 Å².